The third-order valence-corrected chi connectivity index (χ3v) is 6.14. The van der Waals surface area contributed by atoms with Crippen LogP contribution in [0, 0.1) is 0 Å². The Morgan fingerprint density at radius 1 is 1.03 bits per heavy atom. The minimum atomic E-state index is -1.26. The number of hydrogen-bond donors (Lipinski definition) is 4. The van der Waals surface area contributed by atoms with Crippen molar-refractivity contribution in [3.05, 3.63) is 87.3 Å². The van der Waals surface area contributed by atoms with Gasteiger partial charge in [0.1, 0.15) is 11.5 Å². The van der Waals surface area contributed by atoms with Crippen molar-refractivity contribution < 1.29 is 38.9 Å². The number of hydroxylamine groups is 1. The molecule has 4 rings (SSSR count). The van der Waals surface area contributed by atoms with E-state index in [9.17, 15) is 14.7 Å². The lowest BCUT2D eigenvalue weighted by molar-refractivity contribution is -0.124. The van der Waals surface area contributed by atoms with Gasteiger partial charge in [-0.05, 0) is 58.4 Å². The van der Waals surface area contributed by atoms with Gasteiger partial charge in [-0.2, -0.15) is 0 Å². The van der Waals surface area contributed by atoms with Crippen LogP contribution in [0.2, 0.25) is 0 Å². The number of ether oxygens (including phenoxy) is 4. The summed E-state index contributed by atoms with van der Waals surface area (Å²) in [6.45, 7) is 0.0780. The molecule has 1 aliphatic heterocycles. The topological polar surface area (TPSA) is 136 Å². The number of halogens is 2. The monoisotopic (exact) mass is 634 g/mol. The first-order valence-corrected chi connectivity index (χ1v) is 12.3. The highest BCUT2D eigenvalue weighted by Gasteiger charge is 2.31. The SMILES string of the molecule is O=C(/C=C/[C@H](Oc1ccccc1)[C@@H](OC(=O)Nc1ccc2c(c1)OCO2)c1cc(Br)cc(Br)c1O)NO. The second-order valence-electron chi connectivity index (χ2n) is 7.58. The van der Waals surface area contributed by atoms with E-state index in [1.54, 1.807) is 60.7 Å². The van der Waals surface area contributed by atoms with Gasteiger partial charge in [0.25, 0.3) is 5.91 Å². The minimum absolute atomic E-state index is 0.0780. The van der Waals surface area contributed by atoms with Crippen LogP contribution in [0.1, 0.15) is 11.7 Å². The van der Waals surface area contributed by atoms with Crippen LogP contribution in [0.5, 0.6) is 23.0 Å². The summed E-state index contributed by atoms with van der Waals surface area (Å²) < 4.78 is 23.3. The second kappa shape index (κ2) is 12.0. The number of aromatic hydroxyl groups is 1. The molecule has 4 N–H and O–H groups in total. The van der Waals surface area contributed by atoms with E-state index in [0.717, 1.165) is 6.08 Å². The molecule has 0 saturated heterocycles. The number of anilines is 1. The summed E-state index contributed by atoms with van der Waals surface area (Å²) in [6, 6.07) is 16.6. The molecule has 1 heterocycles. The molecule has 0 radical (unpaired) electrons. The Morgan fingerprint density at radius 3 is 2.54 bits per heavy atom. The van der Waals surface area contributed by atoms with Gasteiger partial charge in [0.15, 0.2) is 23.7 Å². The molecule has 0 bridgehead atoms. The summed E-state index contributed by atoms with van der Waals surface area (Å²) in [5.74, 6) is 0.381. The van der Waals surface area contributed by atoms with Gasteiger partial charge in [-0.1, -0.05) is 34.1 Å². The van der Waals surface area contributed by atoms with Crippen molar-refractivity contribution in [1.29, 1.82) is 0 Å². The van der Waals surface area contributed by atoms with Crippen molar-refractivity contribution in [3.8, 4) is 23.0 Å². The predicted octanol–water partition coefficient (Wildman–Crippen LogP) is 5.44. The number of carbonyl (C=O) groups excluding carboxylic acids is 2. The van der Waals surface area contributed by atoms with Crippen molar-refractivity contribution >= 4 is 49.5 Å². The fourth-order valence-electron chi connectivity index (χ4n) is 3.42. The molecule has 192 valence electrons. The van der Waals surface area contributed by atoms with E-state index in [1.807, 2.05) is 0 Å². The van der Waals surface area contributed by atoms with E-state index in [0.29, 0.717) is 31.9 Å². The predicted molar refractivity (Wildman–Crippen MR) is 139 cm³/mol. The Balaban J connectivity index is 1.69. The van der Waals surface area contributed by atoms with E-state index in [4.69, 9.17) is 24.2 Å². The van der Waals surface area contributed by atoms with Gasteiger partial charge in [-0.15, -0.1) is 0 Å². The third kappa shape index (κ3) is 6.73. The Kier molecular flexibility index (Phi) is 8.54. The largest absolute Gasteiger partial charge is 0.506 e. The molecule has 12 heteroatoms. The van der Waals surface area contributed by atoms with Crippen molar-refractivity contribution in [2.45, 2.75) is 12.2 Å². The molecule has 2 amide bonds. The van der Waals surface area contributed by atoms with Gasteiger partial charge in [-0.3, -0.25) is 15.3 Å². The number of benzene rings is 3. The molecule has 3 aromatic rings. The number of phenolic OH excluding ortho intramolecular Hbond substituents is 1. The summed E-state index contributed by atoms with van der Waals surface area (Å²) in [4.78, 5) is 24.8. The zero-order valence-corrected chi connectivity index (χ0v) is 22.1. The van der Waals surface area contributed by atoms with Crippen LogP contribution in [0.4, 0.5) is 10.5 Å². The number of rotatable bonds is 8. The quantitative estimate of drug-likeness (QED) is 0.146. The fraction of sp³-hybridized carbons (Fsp3) is 0.120. The molecule has 0 spiro atoms. The van der Waals surface area contributed by atoms with E-state index in [2.05, 4.69) is 37.2 Å². The van der Waals surface area contributed by atoms with Gasteiger partial charge in [0.2, 0.25) is 6.79 Å². The average Bonchev–Trinajstić information content (AvgIpc) is 3.36. The Morgan fingerprint density at radius 2 is 1.78 bits per heavy atom. The van der Waals surface area contributed by atoms with Crippen molar-refractivity contribution in [3.63, 3.8) is 0 Å². The number of nitrogens with one attached hydrogen (secondary N) is 2. The van der Waals surface area contributed by atoms with Crippen LogP contribution in [-0.4, -0.2) is 35.2 Å². The van der Waals surface area contributed by atoms with Gasteiger partial charge < -0.3 is 24.1 Å². The Hall–Kier alpha value is -3.74. The Labute approximate surface area is 228 Å². The molecular weight excluding hydrogens is 616 g/mol. The molecule has 0 aromatic heterocycles. The van der Waals surface area contributed by atoms with Crippen LogP contribution in [0.3, 0.4) is 0 Å². The highest BCUT2D eigenvalue weighted by atomic mass is 79.9. The zero-order chi connectivity index (χ0) is 26.4. The van der Waals surface area contributed by atoms with Crippen LogP contribution in [0.15, 0.2) is 81.8 Å². The number of phenols is 1. The summed E-state index contributed by atoms with van der Waals surface area (Å²) in [7, 11) is 0. The number of carbonyl (C=O) groups is 2. The van der Waals surface area contributed by atoms with E-state index >= 15 is 0 Å². The van der Waals surface area contributed by atoms with Gasteiger partial charge in [0, 0.05) is 27.9 Å². The highest BCUT2D eigenvalue weighted by molar-refractivity contribution is 9.11. The van der Waals surface area contributed by atoms with Crippen LogP contribution < -0.4 is 25.0 Å². The van der Waals surface area contributed by atoms with Gasteiger partial charge in [0.05, 0.1) is 4.47 Å². The molecule has 10 nitrogen and oxygen atoms in total. The number of fused-ring (bicyclic) bond motifs is 1. The lowest BCUT2D eigenvalue weighted by Gasteiger charge is -2.27. The molecule has 0 aliphatic carbocycles. The Bertz CT molecular complexity index is 1320. The number of hydrogen-bond acceptors (Lipinski definition) is 8. The molecule has 2 atom stereocenters. The highest BCUT2D eigenvalue weighted by Crippen LogP contribution is 2.40. The van der Waals surface area contributed by atoms with Crippen molar-refractivity contribution in [2.75, 3.05) is 12.1 Å². The zero-order valence-electron chi connectivity index (χ0n) is 18.9. The standard InChI is InChI=1S/C25H20Br2N2O8/c26-14-10-17(23(31)18(27)11-14)24(20(8-9-22(30)29-33)36-16-4-2-1-3-5-16)37-25(32)28-15-6-7-19-21(12-15)35-13-34-19/h1-12,20,24,31,33H,13H2,(H,28,32)(H,29,30)/b9-8+/t20-,24-/m0/s1. The lowest BCUT2D eigenvalue weighted by Crippen LogP contribution is -2.30. The van der Waals surface area contributed by atoms with Crippen molar-refractivity contribution in [2.24, 2.45) is 0 Å². The van der Waals surface area contributed by atoms with Crippen molar-refractivity contribution in [1.82, 2.24) is 5.48 Å². The first-order chi connectivity index (χ1) is 17.8. The summed E-state index contributed by atoms with van der Waals surface area (Å²) >= 11 is 6.66. The van der Waals surface area contributed by atoms with Crippen LogP contribution in [0.25, 0.3) is 0 Å². The smallest absolute Gasteiger partial charge is 0.412 e. The summed E-state index contributed by atoms with van der Waals surface area (Å²) in [6.07, 6.45) is -0.934. The normalized spacial score (nSPS) is 13.6. The lowest BCUT2D eigenvalue weighted by atomic mass is 10.0. The van der Waals surface area contributed by atoms with Crippen LogP contribution >= 0.6 is 31.9 Å². The van der Waals surface area contributed by atoms with Gasteiger partial charge >= 0.3 is 6.09 Å². The molecule has 0 unspecified atom stereocenters. The maximum atomic E-state index is 13.0. The third-order valence-electron chi connectivity index (χ3n) is 5.08. The van der Waals surface area contributed by atoms with E-state index < -0.39 is 24.2 Å². The summed E-state index contributed by atoms with van der Waals surface area (Å²) in [5, 5.41) is 22.4. The molecule has 3 aromatic carbocycles. The maximum Gasteiger partial charge on any atom is 0.412 e. The minimum Gasteiger partial charge on any atom is -0.506 e. The molecule has 0 saturated carbocycles. The number of para-hydroxylation sites is 1. The first kappa shape index (κ1) is 26.3. The maximum absolute atomic E-state index is 13.0. The van der Waals surface area contributed by atoms with E-state index in [-0.39, 0.29) is 18.1 Å². The molecular formula is C25H20Br2N2O8. The average molecular weight is 636 g/mol. The molecule has 0 fully saturated rings. The van der Waals surface area contributed by atoms with Crippen LogP contribution in [-0.2, 0) is 9.53 Å². The molecule has 37 heavy (non-hydrogen) atoms. The summed E-state index contributed by atoms with van der Waals surface area (Å²) in [5.41, 5.74) is 2.05. The fourth-order valence-corrected chi connectivity index (χ4v) is 4.68. The molecule has 1 aliphatic rings. The number of amides is 2. The first-order valence-electron chi connectivity index (χ1n) is 10.7. The van der Waals surface area contributed by atoms with E-state index in [1.165, 1.54) is 11.6 Å². The second-order valence-corrected chi connectivity index (χ2v) is 9.35. The van der Waals surface area contributed by atoms with Gasteiger partial charge in [-0.25, -0.2) is 10.3 Å².